The Kier molecular flexibility index (Phi) is 2.35. The summed E-state index contributed by atoms with van der Waals surface area (Å²) in [5.41, 5.74) is 1.10. The molecule has 1 aliphatic rings. The van der Waals surface area contributed by atoms with Crippen LogP contribution in [0.1, 0.15) is 0 Å². The molecule has 4 heteroatoms. The van der Waals surface area contributed by atoms with E-state index in [2.05, 4.69) is 0 Å². The number of non-ortho nitro benzene ring substituents is 1. The van der Waals surface area contributed by atoms with Gasteiger partial charge in [-0.25, -0.2) is 0 Å². The standard InChI is InChI=1S/C13H9N2O2/c16-15(17)12-5-6-13-10(9-12)7-8-14(13)11-3-1-2-4-11/h1-9H. The number of hydrogen-bond donors (Lipinski definition) is 0. The normalized spacial score (nSPS) is 16.7. The number of benzene rings is 1. The van der Waals surface area contributed by atoms with Crippen molar-refractivity contribution in [2.75, 3.05) is 0 Å². The van der Waals surface area contributed by atoms with Crippen LogP contribution in [-0.4, -0.2) is 9.49 Å². The van der Waals surface area contributed by atoms with Crippen molar-refractivity contribution in [3.05, 3.63) is 72.3 Å². The van der Waals surface area contributed by atoms with Gasteiger partial charge in [0.25, 0.3) is 5.69 Å². The summed E-state index contributed by atoms with van der Waals surface area (Å²) in [5, 5.41) is 11.6. The van der Waals surface area contributed by atoms with Crippen LogP contribution in [0.5, 0.6) is 0 Å². The summed E-state index contributed by atoms with van der Waals surface area (Å²) in [5.74, 6) is 0. The minimum atomic E-state index is -0.376. The third-order valence-corrected chi connectivity index (χ3v) is 2.81. The number of nitrogens with zero attached hydrogens (tertiary/aromatic N) is 2. The predicted octanol–water partition coefficient (Wildman–Crippen LogP) is 2.76. The highest BCUT2D eigenvalue weighted by molar-refractivity contribution is 5.83. The van der Waals surface area contributed by atoms with Crippen LogP contribution in [0.2, 0.25) is 0 Å². The highest BCUT2D eigenvalue weighted by atomic mass is 16.6. The van der Waals surface area contributed by atoms with E-state index in [-0.39, 0.29) is 10.6 Å². The summed E-state index contributed by atoms with van der Waals surface area (Å²) in [6.45, 7) is 0. The van der Waals surface area contributed by atoms with Crippen molar-refractivity contribution in [3.8, 4) is 0 Å². The quantitative estimate of drug-likeness (QED) is 0.582. The van der Waals surface area contributed by atoms with Crippen LogP contribution in [-0.2, 0) is 0 Å². The number of rotatable bonds is 2. The van der Waals surface area contributed by atoms with Gasteiger partial charge in [0.15, 0.2) is 0 Å². The molecule has 1 aromatic carbocycles. The SMILES string of the molecule is O=[N+]([O-])c1ccc2c(ccn2[C]2[CH][CH][CH][CH]2)c1. The molecule has 0 saturated heterocycles. The molecule has 4 nitrogen and oxygen atoms in total. The molecule has 83 valence electrons. The molecule has 0 bridgehead atoms. The summed E-state index contributed by atoms with van der Waals surface area (Å²) in [6.07, 6.45) is 9.85. The van der Waals surface area contributed by atoms with E-state index in [0.29, 0.717) is 0 Å². The molecule has 2 aromatic rings. The molecule has 1 aliphatic carbocycles. The van der Waals surface area contributed by atoms with Crippen molar-refractivity contribution >= 4 is 16.6 Å². The lowest BCUT2D eigenvalue weighted by atomic mass is 10.2. The van der Waals surface area contributed by atoms with Crippen molar-refractivity contribution in [2.45, 2.75) is 0 Å². The Hall–Kier alpha value is -1.84. The minimum absolute atomic E-state index is 0.123. The molecule has 1 fully saturated rings. The molecule has 0 spiro atoms. The van der Waals surface area contributed by atoms with Gasteiger partial charge in [-0.3, -0.25) is 10.1 Å². The Morgan fingerprint density at radius 3 is 2.59 bits per heavy atom. The molecule has 0 unspecified atom stereocenters. The van der Waals surface area contributed by atoms with Gasteiger partial charge in [-0.15, -0.1) is 0 Å². The first-order valence-electron chi connectivity index (χ1n) is 5.23. The van der Waals surface area contributed by atoms with Crippen molar-refractivity contribution in [2.24, 2.45) is 0 Å². The largest absolute Gasteiger partial charge is 0.338 e. The third kappa shape index (κ3) is 1.69. The molecule has 1 aromatic heterocycles. The smallest absolute Gasteiger partial charge is 0.270 e. The summed E-state index contributed by atoms with van der Waals surface area (Å²) in [4.78, 5) is 10.3. The lowest BCUT2D eigenvalue weighted by molar-refractivity contribution is -0.384. The Balaban J connectivity index is 2.07. The summed E-state index contributed by atoms with van der Waals surface area (Å²) in [7, 11) is 0. The second-order valence-electron chi connectivity index (χ2n) is 3.83. The van der Waals surface area contributed by atoms with Crippen molar-refractivity contribution in [1.82, 2.24) is 4.57 Å². The Morgan fingerprint density at radius 1 is 1.12 bits per heavy atom. The topological polar surface area (TPSA) is 48.1 Å². The Labute approximate surface area is 99.0 Å². The molecule has 0 atom stereocenters. The van der Waals surface area contributed by atoms with E-state index in [4.69, 9.17) is 0 Å². The lowest BCUT2D eigenvalue weighted by Gasteiger charge is -2.11. The van der Waals surface area contributed by atoms with Gasteiger partial charge in [-0.2, -0.15) is 0 Å². The van der Waals surface area contributed by atoms with E-state index in [1.54, 1.807) is 12.1 Å². The minimum Gasteiger partial charge on any atom is -0.338 e. The van der Waals surface area contributed by atoms with Crippen LogP contribution in [0.25, 0.3) is 10.9 Å². The van der Waals surface area contributed by atoms with Gasteiger partial charge in [0, 0.05) is 29.2 Å². The van der Waals surface area contributed by atoms with Crippen molar-refractivity contribution in [3.63, 3.8) is 0 Å². The van der Waals surface area contributed by atoms with Crippen LogP contribution >= 0.6 is 0 Å². The van der Waals surface area contributed by atoms with Gasteiger partial charge < -0.3 is 4.57 Å². The maximum absolute atomic E-state index is 10.7. The molecule has 17 heavy (non-hydrogen) atoms. The monoisotopic (exact) mass is 225 g/mol. The van der Waals surface area contributed by atoms with Crippen molar-refractivity contribution in [1.29, 1.82) is 0 Å². The van der Waals surface area contributed by atoms with Crippen LogP contribution in [0.4, 0.5) is 5.69 Å². The molecule has 0 N–H and O–H groups in total. The lowest BCUT2D eigenvalue weighted by Crippen LogP contribution is -2.04. The molecule has 1 heterocycles. The fraction of sp³-hybridized carbons (Fsp3) is 0. The molecule has 3 rings (SSSR count). The van der Waals surface area contributed by atoms with Gasteiger partial charge in [-0.1, -0.05) is 0 Å². The molecule has 1 saturated carbocycles. The van der Waals surface area contributed by atoms with Crippen molar-refractivity contribution < 1.29 is 4.92 Å². The molecule has 0 aliphatic heterocycles. The van der Waals surface area contributed by atoms with Gasteiger partial charge in [0.05, 0.1) is 11.0 Å². The zero-order valence-corrected chi connectivity index (χ0v) is 8.91. The van der Waals surface area contributed by atoms with Gasteiger partial charge >= 0.3 is 0 Å². The van der Waals surface area contributed by atoms with E-state index >= 15 is 0 Å². The first kappa shape index (κ1) is 10.3. The summed E-state index contributed by atoms with van der Waals surface area (Å²) < 4.78 is 2.01. The highest BCUT2D eigenvalue weighted by Gasteiger charge is 2.20. The molecular formula is C13H9N2O2. The zero-order valence-electron chi connectivity index (χ0n) is 8.91. The first-order chi connectivity index (χ1) is 8.25. The maximum Gasteiger partial charge on any atom is 0.270 e. The maximum atomic E-state index is 10.7. The molecule has 5 radical (unpaired) electrons. The van der Waals surface area contributed by atoms with Gasteiger partial charge in [0.1, 0.15) is 0 Å². The number of nitro groups is 1. The van der Waals surface area contributed by atoms with E-state index in [1.165, 1.54) is 6.07 Å². The van der Waals surface area contributed by atoms with Gasteiger partial charge in [-0.05, 0) is 37.8 Å². The number of nitro benzene ring substituents is 1. The van der Waals surface area contributed by atoms with Crippen LogP contribution in [0.3, 0.4) is 0 Å². The molecular weight excluding hydrogens is 216 g/mol. The Bertz CT molecular complexity index is 568. The van der Waals surface area contributed by atoms with E-state index in [0.717, 1.165) is 16.9 Å². The second kappa shape index (κ2) is 3.87. The van der Waals surface area contributed by atoms with Crippen LogP contribution in [0.15, 0.2) is 30.5 Å². The number of aromatic nitrogens is 1. The fourth-order valence-corrected chi connectivity index (χ4v) is 1.99. The average Bonchev–Trinajstić information content (AvgIpc) is 2.96. The summed E-state index contributed by atoms with van der Waals surface area (Å²) in [6, 6.07) is 7.85. The number of hydrogen-bond acceptors (Lipinski definition) is 2. The zero-order chi connectivity index (χ0) is 11.8. The fourth-order valence-electron chi connectivity index (χ4n) is 1.99. The van der Waals surface area contributed by atoms with Crippen LogP contribution < -0.4 is 0 Å². The van der Waals surface area contributed by atoms with E-state index in [9.17, 15) is 10.1 Å². The van der Waals surface area contributed by atoms with E-state index in [1.807, 2.05) is 42.5 Å². The number of fused-ring (bicyclic) bond motifs is 1. The van der Waals surface area contributed by atoms with Crippen LogP contribution in [0, 0.1) is 41.8 Å². The third-order valence-electron chi connectivity index (χ3n) is 2.81. The van der Waals surface area contributed by atoms with Gasteiger partial charge in [0.2, 0.25) is 0 Å². The highest BCUT2D eigenvalue weighted by Crippen LogP contribution is 2.30. The summed E-state index contributed by atoms with van der Waals surface area (Å²) >= 11 is 0. The average molecular weight is 225 g/mol. The van der Waals surface area contributed by atoms with E-state index < -0.39 is 0 Å². The Morgan fingerprint density at radius 2 is 1.88 bits per heavy atom. The predicted molar refractivity (Wildman–Crippen MR) is 64.4 cm³/mol. The first-order valence-corrected chi connectivity index (χ1v) is 5.23. The second-order valence-corrected chi connectivity index (χ2v) is 3.83. The molecule has 0 amide bonds.